The number of tetrazole rings is 1. The number of piperidine rings is 1. The first-order valence-electron chi connectivity index (χ1n) is 10.6. The van der Waals surface area contributed by atoms with Crippen LogP contribution in [0.15, 0.2) is 24.5 Å². The molecule has 4 atom stereocenters. The topological polar surface area (TPSA) is 183 Å². The molecule has 176 valence electrons. The molecule has 0 spiro atoms. The van der Waals surface area contributed by atoms with Gasteiger partial charge in [-0.25, -0.2) is 4.68 Å². The van der Waals surface area contributed by atoms with Gasteiger partial charge in [0.05, 0.1) is 29.4 Å². The van der Waals surface area contributed by atoms with Crippen LogP contribution >= 0.6 is 0 Å². The lowest BCUT2D eigenvalue weighted by Gasteiger charge is -2.43. The Labute approximate surface area is 184 Å². The van der Waals surface area contributed by atoms with E-state index >= 15 is 0 Å². The number of aromatic nitrogens is 4. The fourth-order valence-electron chi connectivity index (χ4n) is 3.90. The summed E-state index contributed by atoms with van der Waals surface area (Å²) >= 11 is 0. The zero-order valence-corrected chi connectivity index (χ0v) is 17.6. The SMILES string of the molecule is O=[N+]([O-])c1ccc(-n2cnnn2)cc1NCCCCCCN1CC(O)[C@H](O)C(O)C1CO. The number of benzene rings is 1. The summed E-state index contributed by atoms with van der Waals surface area (Å²) in [6.45, 7) is 1.04. The molecule has 0 radical (unpaired) electrons. The number of aliphatic hydroxyl groups is 4. The molecule has 0 amide bonds. The number of rotatable bonds is 11. The molecular formula is C19H29N7O6. The highest BCUT2D eigenvalue weighted by Crippen LogP contribution is 2.27. The van der Waals surface area contributed by atoms with Gasteiger partial charge in [0, 0.05) is 19.2 Å². The van der Waals surface area contributed by atoms with E-state index in [0.29, 0.717) is 24.5 Å². The van der Waals surface area contributed by atoms with E-state index in [9.17, 15) is 30.5 Å². The van der Waals surface area contributed by atoms with Gasteiger partial charge in [-0.2, -0.15) is 0 Å². The van der Waals surface area contributed by atoms with Crippen molar-refractivity contribution in [3.63, 3.8) is 0 Å². The molecule has 1 saturated heterocycles. The number of unbranched alkanes of at least 4 members (excludes halogenated alkanes) is 3. The maximum absolute atomic E-state index is 11.3. The van der Waals surface area contributed by atoms with Crippen LogP contribution in [-0.4, -0.2) is 101 Å². The summed E-state index contributed by atoms with van der Waals surface area (Å²) in [6.07, 6.45) is 1.26. The van der Waals surface area contributed by atoms with Crippen LogP contribution < -0.4 is 5.32 Å². The van der Waals surface area contributed by atoms with Crippen molar-refractivity contribution in [2.24, 2.45) is 0 Å². The van der Waals surface area contributed by atoms with E-state index in [4.69, 9.17) is 0 Å². The van der Waals surface area contributed by atoms with Crippen LogP contribution in [0.1, 0.15) is 25.7 Å². The van der Waals surface area contributed by atoms with Crippen LogP contribution in [0.5, 0.6) is 0 Å². The lowest BCUT2D eigenvalue weighted by Crippen LogP contribution is -2.62. The minimum Gasteiger partial charge on any atom is -0.395 e. The number of likely N-dealkylation sites (tertiary alicyclic amines) is 1. The van der Waals surface area contributed by atoms with Crippen molar-refractivity contribution in [1.29, 1.82) is 0 Å². The Balaban J connectivity index is 1.43. The van der Waals surface area contributed by atoms with Gasteiger partial charge >= 0.3 is 0 Å². The van der Waals surface area contributed by atoms with E-state index in [0.717, 1.165) is 25.7 Å². The Morgan fingerprint density at radius 2 is 1.94 bits per heavy atom. The number of nitro groups is 1. The number of β-amino-alcohol motifs (C(OH)–C–C–N with tert-alkyl or cyclic N) is 1. The summed E-state index contributed by atoms with van der Waals surface area (Å²) in [7, 11) is 0. The van der Waals surface area contributed by atoms with Crippen LogP contribution in [0.2, 0.25) is 0 Å². The first-order chi connectivity index (χ1) is 15.4. The summed E-state index contributed by atoms with van der Waals surface area (Å²) < 4.78 is 1.42. The lowest BCUT2D eigenvalue weighted by molar-refractivity contribution is -0.384. The van der Waals surface area contributed by atoms with Crippen molar-refractivity contribution >= 4 is 11.4 Å². The number of aliphatic hydroxyl groups excluding tert-OH is 4. The quantitative estimate of drug-likeness (QED) is 0.165. The molecular weight excluding hydrogens is 422 g/mol. The number of hydrogen-bond donors (Lipinski definition) is 5. The molecule has 1 aromatic heterocycles. The van der Waals surface area contributed by atoms with Gasteiger partial charge in [0.15, 0.2) is 0 Å². The van der Waals surface area contributed by atoms with Crippen molar-refractivity contribution in [1.82, 2.24) is 25.1 Å². The van der Waals surface area contributed by atoms with Gasteiger partial charge in [0.1, 0.15) is 24.2 Å². The summed E-state index contributed by atoms with van der Waals surface area (Å²) in [6, 6.07) is 4.02. The van der Waals surface area contributed by atoms with Crippen molar-refractivity contribution in [3.05, 3.63) is 34.6 Å². The van der Waals surface area contributed by atoms with Gasteiger partial charge in [0.2, 0.25) is 0 Å². The highest BCUT2D eigenvalue weighted by atomic mass is 16.6. The number of nitro benzene ring substituents is 1. The molecule has 2 aromatic rings. The Morgan fingerprint density at radius 1 is 1.16 bits per heavy atom. The van der Waals surface area contributed by atoms with Crippen LogP contribution in [-0.2, 0) is 0 Å². The second kappa shape index (κ2) is 11.2. The largest absolute Gasteiger partial charge is 0.395 e. The molecule has 1 fully saturated rings. The van der Waals surface area contributed by atoms with E-state index < -0.39 is 29.3 Å². The molecule has 0 saturated carbocycles. The van der Waals surface area contributed by atoms with Crippen LogP contribution in [0.4, 0.5) is 11.4 Å². The molecule has 2 heterocycles. The molecule has 32 heavy (non-hydrogen) atoms. The Hall–Kier alpha value is -2.71. The zero-order valence-electron chi connectivity index (χ0n) is 17.6. The minimum atomic E-state index is -1.25. The smallest absolute Gasteiger partial charge is 0.292 e. The minimum absolute atomic E-state index is 0.0266. The number of nitrogens with zero attached hydrogens (tertiary/aromatic N) is 6. The Kier molecular flexibility index (Phi) is 8.41. The normalized spacial score (nSPS) is 23.9. The zero-order chi connectivity index (χ0) is 23.1. The third kappa shape index (κ3) is 5.75. The summed E-state index contributed by atoms with van der Waals surface area (Å²) in [5, 5.41) is 64.5. The molecule has 1 aliphatic heterocycles. The van der Waals surface area contributed by atoms with Crippen molar-refractivity contribution in [2.75, 3.05) is 31.6 Å². The summed E-state index contributed by atoms with van der Waals surface area (Å²) in [4.78, 5) is 12.7. The van der Waals surface area contributed by atoms with Gasteiger partial charge in [-0.15, -0.1) is 5.10 Å². The molecule has 5 N–H and O–H groups in total. The van der Waals surface area contributed by atoms with Crippen molar-refractivity contribution in [3.8, 4) is 5.69 Å². The second-order valence-electron chi connectivity index (χ2n) is 7.85. The van der Waals surface area contributed by atoms with Gasteiger partial charge in [-0.05, 0) is 41.9 Å². The predicted octanol–water partition coefficient (Wildman–Crippen LogP) is -0.698. The van der Waals surface area contributed by atoms with E-state index in [2.05, 4.69) is 20.8 Å². The van der Waals surface area contributed by atoms with Gasteiger partial charge in [-0.3, -0.25) is 15.0 Å². The third-order valence-electron chi connectivity index (χ3n) is 5.69. The lowest BCUT2D eigenvalue weighted by atomic mass is 9.94. The number of anilines is 1. The maximum atomic E-state index is 11.3. The van der Waals surface area contributed by atoms with Crippen molar-refractivity contribution in [2.45, 2.75) is 50.0 Å². The standard InChI is InChI=1S/C19H29N7O6/c27-11-16-18(29)19(30)17(28)10-24(16)8-4-2-1-3-7-20-14-9-13(25-12-21-22-23-25)5-6-15(14)26(31)32/h5-6,9,12,16-20,27-30H,1-4,7-8,10-11H2/t16?,17?,18?,19-/m0/s1. The highest BCUT2D eigenvalue weighted by molar-refractivity contribution is 5.65. The fraction of sp³-hybridized carbons (Fsp3) is 0.632. The molecule has 13 nitrogen and oxygen atoms in total. The molecule has 1 aromatic carbocycles. The summed E-state index contributed by atoms with van der Waals surface area (Å²) in [5.41, 5.74) is 0.975. The Morgan fingerprint density at radius 3 is 2.62 bits per heavy atom. The van der Waals surface area contributed by atoms with E-state index in [-0.39, 0.29) is 18.8 Å². The van der Waals surface area contributed by atoms with E-state index in [1.807, 2.05) is 0 Å². The average Bonchev–Trinajstić information content (AvgIpc) is 3.32. The maximum Gasteiger partial charge on any atom is 0.292 e. The molecule has 0 aliphatic carbocycles. The first-order valence-corrected chi connectivity index (χ1v) is 10.6. The van der Waals surface area contributed by atoms with Crippen LogP contribution in [0.3, 0.4) is 0 Å². The molecule has 1 aliphatic rings. The predicted molar refractivity (Wildman–Crippen MR) is 113 cm³/mol. The van der Waals surface area contributed by atoms with Gasteiger partial charge in [0.25, 0.3) is 5.69 Å². The van der Waals surface area contributed by atoms with E-state index in [1.165, 1.54) is 17.1 Å². The molecule has 3 unspecified atom stereocenters. The number of nitrogens with one attached hydrogen (secondary N) is 1. The first kappa shape index (κ1) is 23.9. The molecule has 13 heteroatoms. The third-order valence-corrected chi connectivity index (χ3v) is 5.69. The van der Waals surface area contributed by atoms with Crippen molar-refractivity contribution < 1.29 is 25.3 Å². The molecule has 0 bridgehead atoms. The average molecular weight is 451 g/mol. The second-order valence-corrected chi connectivity index (χ2v) is 7.85. The Bertz CT molecular complexity index is 868. The van der Waals surface area contributed by atoms with Gasteiger partial charge in [-0.1, -0.05) is 12.8 Å². The molecule has 3 rings (SSSR count). The highest BCUT2D eigenvalue weighted by Gasteiger charge is 2.40. The van der Waals surface area contributed by atoms with E-state index in [1.54, 1.807) is 17.0 Å². The summed E-state index contributed by atoms with van der Waals surface area (Å²) in [5.74, 6) is 0. The van der Waals surface area contributed by atoms with Crippen LogP contribution in [0, 0.1) is 10.1 Å². The van der Waals surface area contributed by atoms with Gasteiger partial charge < -0.3 is 25.7 Å². The fourth-order valence-corrected chi connectivity index (χ4v) is 3.90. The van der Waals surface area contributed by atoms with Crippen LogP contribution in [0.25, 0.3) is 5.69 Å². The number of hydrogen-bond acceptors (Lipinski definition) is 11. The monoisotopic (exact) mass is 451 g/mol.